The maximum atomic E-state index is 6.28. The second kappa shape index (κ2) is 6.53. The van der Waals surface area contributed by atoms with Crippen LogP contribution in [0.2, 0.25) is 5.11 Å². The molecule has 0 aromatic heterocycles. The predicted molar refractivity (Wildman–Crippen MR) is 113 cm³/mol. The van der Waals surface area contributed by atoms with Crippen LogP contribution >= 0.6 is 0 Å². The minimum atomic E-state index is -2.08. The van der Waals surface area contributed by atoms with Gasteiger partial charge in [-0.05, 0) is 10.9 Å². The van der Waals surface area contributed by atoms with E-state index < -0.39 is 21.1 Å². The van der Waals surface area contributed by atoms with E-state index in [1.807, 2.05) is 0 Å². The molecule has 0 saturated carbocycles. The SMILES string of the molecule is [B]c1c([B])c(C([B])([B])C([B])(C)NC([B])([B])C([B])([B])[B])c([B])c2c1OCO2. The molecular formula is C12H6B11NO2. The number of nitrogens with one attached hydrogen (secondary N) is 1. The van der Waals surface area contributed by atoms with Gasteiger partial charge in [0.15, 0.2) is 11.5 Å². The maximum Gasteiger partial charge on any atom is 0.231 e. The van der Waals surface area contributed by atoms with E-state index in [9.17, 15) is 0 Å². The van der Waals surface area contributed by atoms with Gasteiger partial charge < -0.3 is 14.8 Å². The lowest BCUT2D eigenvalue weighted by molar-refractivity contribution is 0.175. The van der Waals surface area contributed by atoms with Crippen LogP contribution in [0, 0.1) is 0 Å². The van der Waals surface area contributed by atoms with E-state index in [0.717, 1.165) is 0 Å². The zero-order valence-corrected chi connectivity index (χ0v) is 14.4. The predicted octanol–water partition coefficient (Wildman–Crippen LogP) is -5.67. The number of rotatable bonds is 5. The summed E-state index contributed by atoms with van der Waals surface area (Å²) in [5.41, 5.74) is -1.80. The third-order valence-electron chi connectivity index (χ3n) is 4.39. The topological polar surface area (TPSA) is 30.5 Å². The molecule has 1 aliphatic heterocycles. The Morgan fingerprint density at radius 1 is 0.769 bits per heavy atom. The lowest BCUT2D eigenvalue weighted by Crippen LogP contribution is -2.72. The first-order valence-electron chi connectivity index (χ1n) is 7.41. The molecule has 0 spiro atoms. The van der Waals surface area contributed by atoms with Crippen LogP contribution < -0.4 is 31.2 Å². The van der Waals surface area contributed by atoms with E-state index in [0.29, 0.717) is 0 Å². The van der Waals surface area contributed by atoms with E-state index in [1.54, 1.807) is 0 Å². The summed E-state index contributed by atoms with van der Waals surface area (Å²) in [4.78, 5) is 0. The number of ether oxygens (including phenoxy) is 2. The van der Waals surface area contributed by atoms with Crippen LogP contribution in [-0.4, -0.2) is 104 Å². The van der Waals surface area contributed by atoms with Crippen LogP contribution in [0.3, 0.4) is 0 Å². The van der Waals surface area contributed by atoms with Crippen molar-refractivity contribution in [3.63, 3.8) is 0 Å². The van der Waals surface area contributed by atoms with Crippen molar-refractivity contribution in [1.82, 2.24) is 5.32 Å². The Morgan fingerprint density at radius 3 is 1.69 bits per heavy atom. The highest BCUT2D eigenvalue weighted by atomic mass is 16.7. The summed E-state index contributed by atoms with van der Waals surface area (Å²) in [6.07, 6.45) is 0. The van der Waals surface area contributed by atoms with Crippen LogP contribution in [0.25, 0.3) is 0 Å². The Balaban J connectivity index is 2.59. The molecule has 1 atom stereocenters. The summed E-state index contributed by atoms with van der Waals surface area (Å²) in [6.45, 7) is 1.27. The van der Waals surface area contributed by atoms with Crippen LogP contribution in [-0.2, 0) is 5.21 Å². The molecule has 0 aliphatic carbocycles. The monoisotopic (exact) mass is 317 g/mol. The quantitative estimate of drug-likeness (QED) is 0.550. The van der Waals surface area contributed by atoms with Crippen molar-refractivity contribution in [2.45, 2.75) is 28.0 Å². The molecule has 0 bridgehead atoms. The highest BCUT2D eigenvalue weighted by Crippen LogP contribution is 2.34. The first-order chi connectivity index (χ1) is 11.5. The molecule has 3 nitrogen and oxygen atoms in total. The Labute approximate surface area is 169 Å². The summed E-state index contributed by atoms with van der Waals surface area (Å²) in [5, 5.41) is -3.60. The van der Waals surface area contributed by atoms with Crippen LogP contribution in [0.4, 0.5) is 0 Å². The Bertz CT molecular complexity index is 729. The largest absolute Gasteiger partial charge is 0.454 e. The average molecular weight is 315 g/mol. The van der Waals surface area contributed by atoms with Gasteiger partial charge in [0, 0.05) is 0 Å². The molecule has 1 aromatic rings. The van der Waals surface area contributed by atoms with Gasteiger partial charge in [0.05, 0.1) is 62.8 Å². The van der Waals surface area contributed by atoms with Gasteiger partial charge in [-0.15, -0.1) is 5.11 Å². The second-order valence-corrected chi connectivity index (χ2v) is 6.68. The molecule has 104 valence electrons. The van der Waals surface area contributed by atoms with Crippen molar-refractivity contribution in [2.75, 3.05) is 6.79 Å². The lowest BCUT2D eigenvalue weighted by atomic mass is 9.25. The molecule has 22 radical (unpaired) electrons. The van der Waals surface area contributed by atoms with Gasteiger partial charge >= 0.3 is 0 Å². The third kappa shape index (κ3) is 3.36. The van der Waals surface area contributed by atoms with Crippen molar-refractivity contribution in [3.8, 4) is 11.5 Å². The van der Waals surface area contributed by atoms with E-state index in [2.05, 4.69) is 5.32 Å². The fourth-order valence-corrected chi connectivity index (χ4v) is 2.54. The second-order valence-electron chi connectivity index (χ2n) is 6.68. The smallest absolute Gasteiger partial charge is 0.231 e. The number of hydrogen-bond acceptors (Lipinski definition) is 3. The summed E-state index contributed by atoms with van der Waals surface area (Å²) in [5.74, 6) is 0.323. The fraction of sp³-hybridized carbons (Fsp3) is 0.500. The van der Waals surface area contributed by atoms with Crippen molar-refractivity contribution in [1.29, 1.82) is 0 Å². The number of benzene rings is 1. The highest BCUT2D eigenvalue weighted by molar-refractivity contribution is 6.67. The lowest BCUT2D eigenvalue weighted by Gasteiger charge is -2.55. The molecule has 1 heterocycles. The van der Waals surface area contributed by atoms with Crippen molar-refractivity contribution >= 4 is 103 Å². The first-order valence-corrected chi connectivity index (χ1v) is 7.41. The van der Waals surface area contributed by atoms with Crippen LogP contribution in [0.5, 0.6) is 11.5 Å². The Kier molecular flexibility index (Phi) is 5.47. The Morgan fingerprint density at radius 2 is 1.23 bits per heavy atom. The van der Waals surface area contributed by atoms with Gasteiger partial charge in [-0.3, -0.25) is 0 Å². The van der Waals surface area contributed by atoms with E-state index in [1.165, 1.54) is 6.92 Å². The van der Waals surface area contributed by atoms with Crippen molar-refractivity contribution in [2.24, 2.45) is 0 Å². The molecule has 1 unspecified atom stereocenters. The van der Waals surface area contributed by atoms with E-state index in [-0.39, 0.29) is 40.2 Å². The minimum absolute atomic E-state index is 0.00757. The summed E-state index contributed by atoms with van der Waals surface area (Å²) in [6, 6.07) is 0. The van der Waals surface area contributed by atoms with Gasteiger partial charge in [0.2, 0.25) is 6.79 Å². The van der Waals surface area contributed by atoms with Crippen molar-refractivity contribution < 1.29 is 9.47 Å². The van der Waals surface area contributed by atoms with E-state index >= 15 is 0 Å². The molecule has 1 N–H and O–H groups in total. The molecular weight excluding hydrogens is 309 g/mol. The molecule has 2 rings (SSSR count). The molecule has 0 saturated heterocycles. The minimum Gasteiger partial charge on any atom is -0.454 e. The van der Waals surface area contributed by atoms with Gasteiger partial charge in [0.1, 0.15) is 23.5 Å². The first kappa shape index (κ1) is 21.8. The summed E-state index contributed by atoms with van der Waals surface area (Å²) in [7, 11) is 65.3. The van der Waals surface area contributed by atoms with Gasteiger partial charge in [-0.2, -0.15) is 0 Å². The summed E-state index contributed by atoms with van der Waals surface area (Å²) < 4.78 is 10.5. The third-order valence-corrected chi connectivity index (χ3v) is 4.39. The molecule has 14 heteroatoms. The standard InChI is InChI=1S/C12H6B11NO2/c1-9(16,24-12(22,23)11(19,20)21)10(17,18)3-4(13)6(15)8-7(5(3)14)25-2-26-8/h24H,2H2,1H3. The average Bonchev–Trinajstić information content (AvgIpc) is 2.92. The molecule has 1 aliphatic rings. The molecule has 26 heavy (non-hydrogen) atoms. The number of fused-ring (bicyclic) bond motifs is 1. The Hall–Kier alpha value is -0.506. The van der Waals surface area contributed by atoms with Gasteiger partial charge in [0.25, 0.3) is 0 Å². The zero-order valence-electron chi connectivity index (χ0n) is 14.4. The van der Waals surface area contributed by atoms with E-state index in [4.69, 9.17) is 95.8 Å². The van der Waals surface area contributed by atoms with Gasteiger partial charge in [-0.1, -0.05) is 34.0 Å². The number of hydrogen-bond donors (Lipinski definition) is 1. The van der Waals surface area contributed by atoms with Crippen molar-refractivity contribution in [3.05, 3.63) is 5.56 Å². The fourth-order valence-electron chi connectivity index (χ4n) is 2.54. The van der Waals surface area contributed by atoms with Crippen LogP contribution in [0.15, 0.2) is 0 Å². The zero-order chi connectivity index (χ0) is 20.3. The van der Waals surface area contributed by atoms with Gasteiger partial charge in [-0.25, -0.2) is 0 Å². The normalized spacial score (nSPS) is 17.0. The van der Waals surface area contributed by atoms with Crippen LogP contribution in [0.1, 0.15) is 12.5 Å². The molecule has 0 amide bonds. The summed E-state index contributed by atoms with van der Waals surface area (Å²) >= 11 is 0. The molecule has 0 fully saturated rings. The maximum absolute atomic E-state index is 6.28. The molecule has 1 aromatic carbocycles. The highest BCUT2D eigenvalue weighted by Gasteiger charge is 2.44.